The first-order valence-corrected chi connectivity index (χ1v) is 6.11. The SMILES string of the molecule is CCC(Oc1cc(Cl)cc(Cl)c1OC)N(C)C. The summed E-state index contributed by atoms with van der Waals surface area (Å²) in [6.45, 7) is 2.04. The minimum Gasteiger partial charge on any atom is -0.491 e. The maximum Gasteiger partial charge on any atom is 0.179 e. The van der Waals surface area contributed by atoms with Crippen molar-refractivity contribution in [3.63, 3.8) is 0 Å². The van der Waals surface area contributed by atoms with Crippen molar-refractivity contribution in [1.29, 1.82) is 0 Å². The lowest BCUT2D eigenvalue weighted by Crippen LogP contribution is -2.32. The van der Waals surface area contributed by atoms with Gasteiger partial charge in [0.15, 0.2) is 17.7 Å². The number of benzene rings is 1. The molecular formula is C12H17Cl2NO2. The van der Waals surface area contributed by atoms with Gasteiger partial charge in [-0.2, -0.15) is 0 Å². The molecule has 0 aliphatic heterocycles. The summed E-state index contributed by atoms with van der Waals surface area (Å²) in [6.07, 6.45) is 0.804. The minimum absolute atomic E-state index is 0.0431. The van der Waals surface area contributed by atoms with Crippen LogP contribution in [0.15, 0.2) is 12.1 Å². The van der Waals surface area contributed by atoms with E-state index in [4.69, 9.17) is 32.7 Å². The molecule has 1 aromatic rings. The van der Waals surface area contributed by atoms with Gasteiger partial charge in [0.05, 0.1) is 12.1 Å². The second-order valence-electron chi connectivity index (χ2n) is 3.86. The number of hydrogen-bond donors (Lipinski definition) is 0. The Labute approximate surface area is 112 Å². The predicted molar refractivity (Wildman–Crippen MR) is 71.4 cm³/mol. The van der Waals surface area contributed by atoms with Crippen molar-refractivity contribution in [2.75, 3.05) is 21.2 Å². The highest BCUT2D eigenvalue weighted by Gasteiger charge is 2.16. The van der Waals surface area contributed by atoms with E-state index in [1.165, 1.54) is 0 Å². The van der Waals surface area contributed by atoms with Crippen molar-refractivity contribution in [3.05, 3.63) is 22.2 Å². The van der Waals surface area contributed by atoms with Gasteiger partial charge in [0.1, 0.15) is 0 Å². The lowest BCUT2D eigenvalue weighted by molar-refractivity contribution is 0.0586. The Hall–Kier alpha value is -0.640. The Kier molecular flexibility index (Phi) is 5.37. The summed E-state index contributed by atoms with van der Waals surface area (Å²) in [6, 6.07) is 3.34. The summed E-state index contributed by atoms with van der Waals surface area (Å²) >= 11 is 12.0. The van der Waals surface area contributed by atoms with Crippen LogP contribution < -0.4 is 9.47 Å². The van der Waals surface area contributed by atoms with Crippen LogP contribution in [-0.2, 0) is 0 Å². The third-order valence-electron chi connectivity index (χ3n) is 2.37. The Morgan fingerprint density at radius 3 is 2.41 bits per heavy atom. The summed E-state index contributed by atoms with van der Waals surface area (Å²) in [5, 5.41) is 0.975. The standard InChI is InChI=1S/C12H17Cl2NO2/c1-5-11(15(2)3)17-10-7-8(13)6-9(14)12(10)16-4/h6-7,11H,5H2,1-4H3. The van der Waals surface area contributed by atoms with E-state index < -0.39 is 0 Å². The Balaban J connectivity index is 3.04. The third-order valence-corrected chi connectivity index (χ3v) is 2.87. The third kappa shape index (κ3) is 3.66. The zero-order chi connectivity index (χ0) is 13.0. The quantitative estimate of drug-likeness (QED) is 0.767. The average molecular weight is 278 g/mol. The molecule has 0 aromatic heterocycles. The molecule has 1 rings (SSSR count). The molecule has 1 aromatic carbocycles. The summed E-state index contributed by atoms with van der Waals surface area (Å²) in [5.74, 6) is 1.07. The van der Waals surface area contributed by atoms with Crippen molar-refractivity contribution >= 4 is 23.2 Å². The van der Waals surface area contributed by atoms with Gasteiger partial charge >= 0.3 is 0 Å². The normalized spacial score (nSPS) is 12.6. The highest BCUT2D eigenvalue weighted by atomic mass is 35.5. The molecule has 0 N–H and O–H groups in total. The maximum atomic E-state index is 6.04. The van der Waals surface area contributed by atoms with E-state index in [9.17, 15) is 0 Å². The van der Waals surface area contributed by atoms with Crippen LogP contribution in [0.1, 0.15) is 13.3 Å². The van der Waals surface area contributed by atoms with Crippen molar-refractivity contribution in [2.45, 2.75) is 19.6 Å². The topological polar surface area (TPSA) is 21.7 Å². The van der Waals surface area contributed by atoms with E-state index >= 15 is 0 Å². The van der Waals surface area contributed by atoms with E-state index in [2.05, 4.69) is 0 Å². The van der Waals surface area contributed by atoms with Crippen LogP contribution >= 0.6 is 23.2 Å². The summed E-state index contributed by atoms with van der Waals surface area (Å²) in [5.41, 5.74) is 0. The van der Waals surface area contributed by atoms with Crippen LogP contribution in [-0.4, -0.2) is 32.3 Å². The maximum absolute atomic E-state index is 6.04. The molecule has 0 saturated heterocycles. The lowest BCUT2D eigenvalue weighted by Gasteiger charge is -2.25. The molecule has 0 aliphatic rings. The number of methoxy groups -OCH3 is 1. The first-order chi connectivity index (χ1) is 7.99. The van der Waals surface area contributed by atoms with Crippen LogP contribution in [0.25, 0.3) is 0 Å². The molecule has 0 bridgehead atoms. The van der Waals surface area contributed by atoms with Crippen molar-refractivity contribution < 1.29 is 9.47 Å². The van der Waals surface area contributed by atoms with Crippen LogP contribution in [0.2, 0.25) is 10.0 Å². The van der Waals surface area contributed by atoms with Gasteiger partial charge < -0.3 is 9.47 Å². The van der Waals surface area contributed by atoms with Gasteiger partial charge in [-0.3, -0.25) is 4.90 Å². The molecule has 0 amide bonds. The summed E-state index contributed by atoms with van der Waals surface area (Å²) in [4.78, 5) is 1.98. The summed E-state index contributed by atoms with van der Waals surface area (Å²) < 4.78 is 11.1. The molecule has 0 spiro atoms. The molecule has 3 nitrogen and oxygen atoms in total. The Bertz CT molecular complexity index is 383. The summed E-state index contributed by atoms with van der Waals surface area (Å²) in [7, 11) is 5.46. The predicted octanol–water partition coefficient (Wildman–Crippen LogP) is 3.68. The minimum atomic E-state index is -0.0431. The smallest absolute Gasteiger partial charge is 0.179 e. The molecule has 96 valence electrons. The van der Waals surface area contributed by atoms with E-state index in [-0.39, 0.29) is 6.23 Å². The zero-order valence-corrected chi connectivity index (χ0v) is 12.0. The highest BCUT2D eigenvalue weighted by Crippen LogP contribution is 2.38. The second-order valence-corrected chi connectivity index (χ2v) is 4.71. The highest BCUT2D eigenvalue weighted by molar-refractivity contribution is 6.35. The van der Waals surface area contributed by atoms with Crippen LogP contribution in [0.5, 0.6) is 11.5 Å². The zero-order valence-electron chi connectivity index (χ0n) is 10.5. The second kappa shape index (κ2) is 6.34. The van der Waals surface area contributed by atoms with Crippen LogP contribution in [0.4, 0.5) is 0 Å². The van der Waals surface area contributed by atoms with Crippen LogP contribution in [0.3, 0.4) is 0 Å². The Morgan fingerprint density at radius 2 is 1.94 bits per heavy atom. The molecule has 1 unspecified atom stereocenters. The van der Waals surface area contributed by atoms with E-state index in [1.807, 2.05) is 25.9 Å². The first-order valence-electron chi connectivity index (χ1n) is 5.35. The largest absolute Gasteiger partial charge is 0.491 e. The molecule has 0 saturated carbocycles. The lowest BCUT2D eigenvalue weighted by atomic mass is 10.3. The number of halogens is 2. The van der Waals surface area contributed by atoms with E-state index in [1.54, 1.807) is 19.2 Å². The van der Waals surface area contributed by atoms with E-state index in [0.717, 1.165) is 6.42 Å². The molecule has 1 atom stereocenters. The fourth-order valence-corrected chi connectivity index (χ4v) is 2.07. The van der Waals surface area contributed by atoms with Crippen molar-refractivity contribution in [1.82, 2.24) is 4.90 Å². The molecular weight excluding hydrogens is 261 g/mol. The van der Waals surface area contributed by atoms with Gasteiger partial charge in [0, 0.05) is 11.1 Å². The first kappa shape index (κ1) is 14.4. The molecule has 17 heavy (non-hydrogen) atoms. The number of rotatable bonds is 5. The van der Waals surface area contributed by atoms with Gasteiger partial charge in [-0.25, -0.2) is 0 Å². The number of ether oxygens (including phenoxy) is 2. The molecule has 0 heterocycles. The average Bonchev–Trinajstić information content (AvgIpc) is 2.24. The van der Waals surface area contributed by atoms with E-state index in [0.29, 0.717) is 21.5 Å². The molecule has 0 fully saturated rings. The van der Waals surface area contributed by atoms with Gasteiger partial charge in [-0.1, -0.05) is 30.1 Å². The fourth-order valence-electron chi connectivity index (χ4n) is 1.52. The van der Waals surface area contributed by atoms with Crippen molar-refractivity contribution in [3.8, 4) is 11.5 Å². The monoisotopic (exact) mass is 277 g/mol. The van der Waals surface area contributed by atoms with Gasteiger partial charge in [0.2, 0.25) is 0 Å². The van der Waals surface area contributed by atoms with Gasteiger partial charge in [0.25, 0.3) is 0 Å². The molecule has 5 heteroatoms. The molecule has 0 radical (unpaired) electrons. The fraction of sp³-hybridized carbons (Fsp3) is 0.500. The van der Waals surface area contributed by atoms with Gasteiger partial charge in [-0.15, -0.1) is 0 Å². The Morgan fingerprint density at radius 1 is 1.29 bits per heavy atom. The van der Waals surface area contributed by atoms with Crippen LogP contribution in [0, 0.1) is 0 Å². The number of nitrogens with zero attached hydrogens (tertiary/aromatic N) is 1. The van der Waals surface area contributed by atoms with Crippen molar-refractivity contribution in [2.24, 2.45) is 0 Å². The molecule has 0 aliphatic carbocycles. The van der Waals surface area contributed by atoms with Gasteiger partial charge in [-0.05, 0) is 26.6 Å². The number of hydrogen-bond acceptors (Lipinski definition) is 3.